The summed E-state index contributed by atoms with van der Waals surface area (Å²) in [6, 6.07) is 10.7. The molecule has 0 radical (unpaired) electrons. The first kappa shape index (κ1) is 13.3. The molecule has 1 heterocycles. The average Bonchev–Trinajstić information content (AvgIpc) is 2.47. The first-order valence-corrected chi connectivity index (χ1v) is 6.61. The summed E-state index contributed by atoms with van der Waals surface area (Å²) in [4.78, 5) is 36.8. The molecule has 0 aliphatic carbocycles. The highest BCUT2D eigenvalue weighted by molar-refractivity contribution is 6.25. The molecule has 2 aromatic carbocycles. The molecule has 0 unspecified atom stereocenters. The Kier molecular flexibility index (Phi) is 3.17. The van der Waals surface area contributed by atoms with Crippen molar-refractivity contribution in [2.24, 2.45) is 0 Å². The second kappa shape index (κ2) is 5.01. The van der Waals surface area contributed by atoms with Crippen LogP contribution in [0.3, 0.4) is 0 Å². The number of esters is 1. The van der Waals surface area contributed by atoms with Crippen LogP contribution in [0.5, 0.6) is 0 Å². The van der Waals surface area contributed by atoms with Gasteiger partial charge in [0.25, 0.3) is 11.8 Å². The number of amides is 2. The van der Waals surface area contributed by atoms with Crippen molar-refractivity contribution in [1.82, 2.24) is 4.90 Å². The Morgan fingerprint density at radius 1 is 1.05 bits per heavy atom. The highest BCUT2D eigenvalue weighted by Crippen LogP contribution is 2.29. The number of carbonyl (C=O) groups is 3. The maximum absolute atomic E-state index is 12.5. The maximum Gasteiger partial charge on any atom is 0.302 e. The van der Waals surface area contributed by atoms with Gasteiger partial charge in [-0.15, -0.1) is 0 Å². The van der Waals surface area contributed by atoms with Crippen molar-refractivity contribution in [2.75, 3.05) is 13.2 Å². The second-order valence-corrected chi connectivity index (χ2v) is 4.81. The lowest BCUT2D eigenvalue weighted by Crippen LogP contribution is -2.42. The third kappa shape index (κ3) is 2.16. The van der Waals surface area contributed by atoms with Gasteiger partial charge in [-0.1, -0.05) is 24.3 Å². The Morgan fingerprint density at radius 2 is 1.62 bits per heavy atom. The number of ether oxygens (including phenoxy) is 1. The van der Waals surface area contributed by atoms with E-state index >= 15 is 0 Å². The molecule has 5 nitrogen and oxygen atoms in total. The van der Waals surface area contributed by atoms with Crippen LogP contribution in [0, 0.1) is 0 Å². The Balaban J connectivity index is 2.01. The second-order valence-electron chi connectivity index (χ2n) is 4.81. The predicted molar refractivity (Wildman–Crippen MR) is 75.9 cm³/mol. The average molecular weight is 283 g/mol. The van der Waals surface area contributed by atoms with Crippen molar-refractivity contribution < 1.29 is 19.1 Å². The van der Waals surface area contributed by atoms with Gasteiger partial charge in [0, 0.05) is 23.4 Å². The molecule has 0 bridgehead atoms. The number of carbonyl (C=O) groups excluding carboxylic acids is 3. The Hall–Kier alpha value is -2.69. The van der Waals surface area contributed by atoms with Gasteiger partial charge in [0.05, 0.1) is 6.54 Å². The Morgan fingerprint density at radius 3 is 2.14 bits per heavy atom. The molecule has 0 fully saturated rings. The fourth-order valence-electron chi connectivity index (χ4n) is 2.56. The van der Waals surface area contributed by atoms with Crippen molar-refractivity contribution in [1.29, 1.82) is 0 Å². The van der Waals surface area contributed by atoms with E-state index in [1.165, 1.54) is 6.92 Å². The van der Waals surface area contributed by atoms with Crippen LogP contribution in [0.25, 0.3) is 10.8 Å². The lowest BCUT2D eigenvalue weighted by Gasteiger charge is -2.26. The summed E-state index contributed by atoms with van der Waals surface area (Å²) in [6.07, 6.45) is 0. The Labute approximate surface area is 121 Å². The van der Waals surface area contributed by atoms with Crippen LogP contribution < -0.4 is 0 Å². The highest BCUT2D eigenvalue weighted by Gasteiger charge is 2.32. The van der Waals surface area contributed by atoms with Crippen LogP contribution >= 0.6 is 0 Å². The highest BCUT2D eigenvalue weighted by atomic mass is 16.5. The summed E-state index contributed by atoms with van der Waals surface area (Å²) >= 11 is 0. The van der Waals surface area contributed by atoms with Crippen molar-refractivity contribution in [3.8, 4) is 0 Å². The minimum absolute atomic E-state index is 0.00492. The van der Waals surface area contributed by atoms with E-state index in [1.54, 1.807) is 24.3 Å². The molecular formula is C16H13NO4. The van der Waals surface area contributed by atoms with E-state index in [0.29, 0.717) is 16.5 Å². The van der Waals surface area contributed by atoms with Gasteiger partial charge in [0.15, 0.2) is 0 Å². The van der Waals surface area contributed by atoms with Crippen LogP contribution in [-0.4, -0.2) is 35.8 Å². The normalized spacial score (nSPS) is 13.7. The standard InChI is InChI=1S/C16H13NO4/c1-10(18)21-9-8-17-15(19)12-6-2-4-11-5-3-7-13(14(11)12)16(17)20/h2-7H,8-9H2,1H3. The van der Waals surface area contributed by atoms with E-state index in [1.807, 2.05) is 12.1 Å². The van der Waals surface area contributed by atoms with Crippen LogP contribution in [-0.2, 0) is 9.53 Å². The molecule has 0 atom stereocenters. The van der Waals surface area contributed by atoms with E-state index in [2.05, 4.69) is 0 Å². The van der Waals surface area contributed by atoms with E-state index in [-0.39, 0.29) is 25.0 Å². The van der Waals surface area contributed by atoms with Crippen molar-refractivity contribution in [2.45, 2.75) is 6.92 Å². The topological polar surface area (TPSA) is 63.7 Å². The largest absolute Gasteiger partial charge is 0.464 e. The van der Waals surface area contributed by atoms with Gasteiger partial charge >= 0.3 is 5.97 Å². The van der Waals surface area contributed by atoms with E-state index in [4.69, 9.17) is 4.74 Å². The SMILES string of the molecule is CC(=O)OCCN1C(=O)c2cccc3cccc(c23)C1=O. The molecule has 0 spiro atoms. The minimum atomic E-state index is -0.436. The number of imide groups is 1. The first-order valence-electron chi connectivity index (χ1n) is 6.61. The zero-order chi connectivity index (χ0) is 15.0. The van der Waals surface area contributed by atoms with E-state index in [9.17, 15) is 14.4 Å². The van der Waals surface area contributed by atoms with Gasteiger partial charge in [0.2, 0.25) is 0 Å². The van der Waals surface area contributed by atoms with Crippen molar-refractivity contribution in [3.63, 3.8) is 0 Å². The summed E-state index contributed by atoms with van der Waals surface area (Å²) in [7, 11) is 0. The smallest absolute Gasteiger partial charge is 0.302 e. The zero-order valence-electron chi connectivity index (χ0n) is 11.5. The van der Waals surface area contributed by atoms with Gasteiger partial charge in [-0.25, -0.2) is 0 Å². The van der Waals surface area contributed by atoms with Crippen LogP contribution in [0.2, 0.25) is 0 Å². The molecule has 106 valence electrons. The third-order valence-electron chi connectivity index (χ3n) is 3.48. The molecular weight excluding hydrogens is 270 g/mol. The molecule has 21 heavy (non-hydrogen) atoms. The molecule has 5 heteroatoms. The molecule has 2 aromatic rings. The molecule has 1 aliphatic heterocycles. The van der Waals surface area contributed by atoms with Gasteiger partial charge in [0.1, 0.15) is 6.61 Å². The van der Waals surface area contributed by atoms with E-state index < -0.39 is 5.97 Å². The van der Waals surface area contributed by atoms with Crippen molar-refractivity contribution >= 4 is 28.6 Å². The fourth-order valence-corrected chi connectivity index (χ4v) is 2.56. The lowest BCUT2D eigenvalue weighted by atomic mass is 9.94. The van der Waals surface area contributed by atoms with E-state index in [0.717, 1.165) is 10.3 Å². The summed E-state index contributed by atoms with van der Waals surface area (Å²) in [5.74, 6) is -1.14. The fraction of sp³-hybridized carbons (Fsp3) is 0.188. The molecule has 0 aromatic heterocycles. The number of hydrogen-bond donors (Lipinski definition) is 0. The van der Waals surface area contributed by atoms with Gasteiger partial charge in [-0.05, 0) is 17.5 Å². The van der Waals surface area contributed by atoms with Gasteiger partial charge < -0.3 is 4.74 Å². The predicted octanol–water partition coefficient (Wildman–Crippen LogP) is 2.00. The number of hydrogen-bond acceptors (Lipinski definition) is 4. The molecule has 0 N–H and O–H groups in total. The quantitative estimate of drug-likeness (QED) is 0.638. The summed E-state index contributed by atoms with van der Waals surface area (Å²) in [5.41, 5.74) is 1.01. The molecule has 0 saturated heterocycles. The summed E-state index contributed by atoms with van der Waals surface area (Å²) in [6.45, 7) is 1.35. The number of rotatable bonds is 3. The maximum atomic E-state index is 12.5. The molecule has 1 aliphatic rings. The molecule has 3 rings (SSSR count). The lowest BCUT2D eigenvalue weighted by molar-refractivity contribution is -0.141. The van der Waals surface area contributed by atoms with Gasteiger partial charge in [-0.2, -0.15) is 0 Å². The summed E-state index contributed by atoms with van der Waals surface area (Å²) in [5, 5.41) is 1.56. The first-order chi connectivity index (χ1) is 10.1. The monoisotopic (exact) mass is 283 g/mol. The van der Waals surface area contributed by atoms with Crippen LogP contribution in [0.15, 0.2) is 36.4 Å². The van der Waals surface area contributed by atoms with Crippen LogP contribution in [0.4, 0.5) is 0 Å². The molecule has 0 saturated carbocycles. The third-order valence-corrected chi connectivity index (χ3v) is 3.48. The van der Waals surface area contributed by atoms with Crippen molar-refractivity contribution in [3.05, 3.63) is 47.5 Å². The minimum Gasteiger partial charge on any atom is -0.464 e. The molecule has 2 amide bonds. The Bertz CT molecular complexity index is 715. The van der Waals surface area contributed by atoms with Gasteiger partial charge in [-0.3, -0.25) is 19.3 Å². The number of benzene rings is 2. The zero-order valence-corrected chi connectivity index (χ0v) is 11.5. The van der Waals surface area contributed by atoms with Crippen LogP contribution in [0.1, 0.15) is 27.6 Å². The number of nitrogens with zero attached hydrogens (tertiary/aromatic N) is 1. The summed E-state index contributed by atoms with van der Waals surface area (Å²) < 4.78 is 4.82.